The van der Waals surface area contributed by atoms with Crippen LogP contribution in [0.1, 0.15) is 24.5 Å². The second-order valence-electron chi connectivity index (χ2n) is 5.62. The number of aromatic nitrogens is 4. The average Bonchev–Trinajstić information content (AvgIpc) is 3.17. The van der Waals surface area contributed by atoms with E-state index in [4.69, 9.17) is 5.11 Å². The highest BCUT2D eigenvalue weighted by molar-refractivity contribution is 5.09. The summed E-state index contributed by atoms with van der Waals surface area (Å²) in [6.45, 7) is 5.10. The minimum absolute atomic E-state index is 0.151. The van der Waals surface area contributed by atoms with E-state index >= 15 is 0 Å². The Hall–Kier alpha value is -1.66. The fourth-order valence-corrected chi connectivity index (χ4v) is 3.10. The van der Waals surface area contributed by atoms with E-state index in [1.165, 1.54) is 18.5 Å². The summed E-state index contributed by atoms with van der Waals surface area (Å²) in [5.41, 5.74) is 1.28. The highest BCUT2D eigenvalue weighted by atomic mass is 16.3. The Balaban J connectivity index is 1.49. The Bertz CT molecular complexity index is 528. The highest BCUT2D eigenvalue weighted by Gasteiger charge is 2.22. The first-order chi connectivity index (χ1) is 10.4. The van der Waals surface area contributed by atoms with Gasteiger partial charge in [-0.25, -0.2) is 4.98 Å². The van der Waals surface area contributed by atoms with Gasteiger partial charge in [0.05, 0.1) is 19.5 Å². The van der Waals surface area contributed by atoms with Crippen molar-refractivity contribution < 1.29 is 5.11 Å². The third kappa shape index (κ3) is 3.51. The Morgan fingerprint density at radius 2 is 2.00 bits per heavy atom. The minimum atomic E-state index is 0.151. The first-order valence-corrected chi connectivity index (χ1v) is 7.67. The van der Waals surface area contributed by atoms with E-state index in [-0.39, 0.29) is 6.61 Å². The van der Waals surface area contributed by atoms with E-state index in [0.717, 1.165) is 26.2 Å². The zero-order valence-corrected chi connectivity index (χ0v) is 12.3. The third-order valence-electron chi connectivity index (χ3n) is 4.30. The monoisotopic (exact) mass is 289 g/mol. The van der Waals surface area contributed by atoms with Crippen molar-refractivity contribution in [1.29, 1.82) is 0 Å². The second-order valence-corrected chi connectivity index (χ2v) is 5.62. The lowest BCUT2D eigenvalue weighted by Gasteiger charge is -2.32. The van der Waals surface area contributed by atoms with Gasteiger partial charge >= 0.3 is 0 Å². The van der Waals surface area contributed by atoms with Crippen molar-refractivity contribution >= 4 is 0 Å². The molecule has 21 heavy (non-hydrogen) atoms. The maximum Gasteiger partial charge on any atom is 0.0946 e. The standard InChI is InChI=1S/C15H23N5O/c21-12-11-20-15(1-4-17-20)14-2-6-18(7-3-14)9-10-19-8-5-16-13-19/h1,4-5,8,13-14,21H,2-3,6-7,9-12H2. The third-order valence-corrected chi connectivity index (χ3v) is 4.30. The van der Waals surface area contributed by atoms with Crippen LogP contribution in [0.2, 0.25) is 0 Å². The van der Waals surface area contributed by atoms with E-state index in [1.54, 1.807) is 0 Å². The van der Waals surface area contributed by atoms with Gasteiger partial charge in [-0.1, -0.05) is 0 Å². The predicted octanol–water partition coefficient (Wildman–Crippen LogP) is 0.951. The summed E-state index contributed by atoms with van der Waals surface area (Å²) in [4.78, 5) is 6.59. The molecule has 3 heterocycles. The molecule has 0 saturated carbocycles. The van der Waals surface area contributed by atoms with Crippen molar-refractivity contribution in [3.8, 4) is 0 Å². The van der Waals surface area contributed by atoms with Crippen molar-refractivity contribution in [2.45, 2.75) is 31.8 Å². The van der Waals surface area contributed by atoms with Crippen LogP contribution in [0.15, 0.2) is 31.0 Å². The van der Waals surface area contributed by atoms with E-state index in [9.17, 15) is 0 Å². The van der Waals surface area contributed by atoms with Crippen LogP contribution in [0.4, 0.5) is 0 Å². The zero-order valence-electron chi connectivity index (χ0n) is 12.3. The SMILES string of the molecule is OCCn1nccc1C1CCN(CCn2ccnc2)CC1. The Morgan fingerprint density at radius 3 is 2.71 bits per heavy atom. The van der Waals surface area contributed by atoms with Gasteiger partial charge in [-0.2, -0.15) is 5.10 Å². The molecular formula is C15H23N5O. The number of nitrogens with zero attached hydrogens (tertiary/aromatic N) is 5. The van der Waals surface area contributed by atoms with Gasteiger partial charge in [0, 0.05) is 43.3 Å². The highest BCUT2D eigenvalue weighted by Crippen LogP contribution is 2.27. The van der Waals surface area contributed by atoms with Gasteiger partial charge in [-0.05, 0) is 32.0 Å². The van der Waals surface area contributed by atoms with Gasteiger partial charge in [0.2, 0.25) is 0 Å². The molecule has 6 nitrogen and oxygen atoms in total. The summed E-state index contributed by atoms with van der Waals surface area (Å²) in [6, 6.07) is 2.10. The van der Waals surface area contributed by atoms with E-state index in [2.05, 4.69) is 25.6 Å². The van der Waals surface area contributed by atoms with Gasteiger partial charge in [0.1, 0.15) is 0 Å². The first-order valence-electron chi connectivity index (χ1n) is 7.67. The Labute approximate surface area is 125 Å². The Kier molecular flexibility index (Phi) is 4.67. The number of rotatable bonds is 6. The van der Waals surface area contributed by atoms with Crippen molar-refractivity contribution in [1.82, 2.24) is 24.2 Å². The molecule has 0 atom stereocenters. The van der Waals surface area contributed by atoms with Crippen LogP contribution in [0.25, 0.3) is 0 Å². The van der Waals surface area contributed by atoms with Crippen molar-refractivity contribution in [2.75, 3.05) is 26.2 Å². The number of aliphatic hydroxyl groups excluding tert-OH is 1. The largest absolute Gasteiger partial charge is 0.394 e. The molecule has 1 N–H and O–H groups in total. The molecule has 2 aromatic rings. The van der Waals surface area contributed by atoms with Crippen LogP contribution in [-0.4, -0.2) is 55.6 Å². The normalized spacial score (nSPS) is 17.4. The topological polar surface area (TPSA) is 59.1 Å². The molecule has 0 bridgehead atoms. The number of hydrogen-bond acceptors (Lipinski definition) is 4. The lowest BCUT2D eigenvalue weighted by Crippen LogP contribution is -2.35. The summed E-state index contributed by atoms with van der Waals surface area (Å²) < 4.78 is 4.08. The van der Waals surface area contributed by atoms with E-state index < -0.39 is 0 Å². The van der Waals surface area contributed by atoms with E-state index in [0.29, 0.717) is 12.5 Å². The number of hydrogen-bond donors (Lipinski definition) is 1. The van der Waals surface area contributed by atoms with Crippen LogP contribution in [-0.2, 0) is 13.1 Å². The van der Waals surface area contributed by atoms with E-state index in [1.807, 2.05) is 29.6 Å². The van der Waals surface area contributed by atoms with Crippen molar-refractivity contribution in [3.05, 3.63) is 36.7 Å². The first kappa shape index (κ1) is 14.3. The molecule has 2 aromatic heterocycles. The summed E-state index contributed by atoms with van der Waals surface area (Å²) in [5.74, 6) is 0.573. The van der Waals surface area contributed by atoms with Gasteiger partial charge in [0.25, 0.3) is 0 Å². The van der Waals surface area contributed by atoms with Crippen LogP contribution in [0.5, 0.6) is 0 Å². The smallest absolute Gasteiger partial charge is 0.0946 e. The molecule has 0 spiro atoms. The number of likely N-dealkylation sites (tertiary alicyclic amines) is 1. The quantitative estimate of drug-likeness (QED) is 0.860. The van der Waals surface area contributed by atoms with Gasteiger partial charge in [0.15, 0.2) is 0 Å². The molecule has 0 radical (unpaired) electrons. The van der Waals surface area contributed by atoms with Gasteiger partial charge in [-0.15, -0.1) is 0 Å². The zero-order chi connectivity index (χ0) is 14.5. The van der Waals surface area contributed by atoms with Gasteiger partial charge < -0.3 is 14.6 Å². The molecule has 0 unspecified atom stereocenters. The molecular weight excluding hydrogens is 266 g/mol. The molecule has 0 aliphatic carbocycles. The molecule has 1 fully saturated rings. The minimum Gasteiger partial charge on any atom is -0.394 e. The summed E-state index contributed by atoms with van der Waals surface area (Å²) in [5, 5.41) is 13.4. The summed E-state index contributed by atoms with van der Waals surface area (Å²) >= 11 is 0. The van der Waals surface area contributed by atoms with Crippen LogP contribution >= 0.6 is 0 Å². The molecule has 6 heteroatoms. The second kappa shape index (κ2) is 6.87. The molecule has 0 aromatic carbocycles. The van der Waals surface area contributed by atoms with Crippen LogP contribution < -0.4 is 0 Å². The summed E-state index contributed by atoms with van der Waals surface area (Å²) in [7, 11) is 0. The predicted molar refractivity (Wildman–Crippen MR) is 80.0 cm³/mol. The Morgan fingerprint density at radius 1 is 1.14 bits per heavy atom. The fraction of sp³-hybridized carbons (Fsp3) is 0.600. The molecule has 114 valence electrons. The maximum absolute atomic E-state index is 9.09. The average molecular weight is 289 g/mol. The molecule has 1 aliphatic heterocycles. The molecule has 1 saturated heterocycles. The molecule has 0 amide bonds. The fourth-order valence-electron chi connectivity index (χ4n) is 3.10. The maximum atomic E-state index is 9.09. The molecule has 3 rings (SSSR count). The van der Waals surface area contributed by atoms with Crippen molar-refractivity contribution in [2.24, 2.45) is 0 Å². The molecule has 1 aliphatic rings. The van der Waals surface area contributed by atoms with Crippen LogP contribution in [0.3, 0.4) is 0 Å². The van der Waals surface area contributed by atoms with Crippen molar-refractivity contribution in [3.63, 3.8) is 0 Å². The summed E-state index contributed by atoms with van der Waals surface area (Å²) in [6.07, 6.45) is 9.90. The van der Waals surface area contributed by atoms with Gasteiger partial charge in [-0.3, -0.25) is 4.68 Å². The lowest BCUT2D eigenvalue weighted by atomic mass is 9.93. The van der Waals surface area contributed by atoms with Crippen LogP contribution in [0, 0.1) is 0 Å². The number of aliphatic hydroxyl groups is 1. The number of imidazole rings is 1. The number of piperidine rings is 1. The lowest BCUT2D eigenvalue weighted by molar-refractivity contribution is 0.199.